The fourth-order valence-electron chi connectivity index (χ4n) is 3.22. The number of hydrogen-bond acceptors (Lipinski definition) is 5. The van der Waals surface area contributed by atoms with Gasteiger partial charge in [0, 0.05) is 11.6 Å². The second-order valence-corrected chi connectivity index (χ2v) is 11.5. The lowest BCUT2D eigenvalue weighted by Crippen LogP contribution is -2.41. The minimum atomic E-state index is -4.10. The van der Waals surface area contributed by atoms with Gasteiger partial charge in [-0.15, -0.1) is 0 Å². The summed E-state index contributed by atoms with van der Waals surface area (Å²) in [6.45, 7) is 2.99. The molecule has 11 heteroatoms. The molecule has 3 N–H and O–H groups in total. The Morgan fingerprint density at radius 3 is 2.24 bits per heavy atom. The number of carbonyl (C=O) groups excluding carboxylic acids is 1. The van der Waals surface area contributed by atoms with Crippen LogP contribution < -0.4 is 14.8 Å². The van der Waals surface area contributed by atoms with Gasteiger partial charge in [-0.3, -0.25) is 9.10 Å². The second-order valence-electron chi connectivity index (χ2n) is 7.68. The van der Waals surface area contributed by atoms with E-state index < -0.39 is 32.5 Å². The number of rotatable bonds is 8. The van der Waals surface area contributed by atoms with Crippen molar-refractivity contribution in [1.29, 1.82) is 0 Å². The molecular formula is C23H24ClN3O5S2. The lowest BCUT2D eigenvalue weighted by Gasteiger charge is -2.26. The van der Waals surface area contributed by atoms with Gasteiger partial charge < -0.3 is 5.32 Å². The van der Waals surface area contributed by atoms with Gasteiger partial charge in [0.15, 0.2) is 0 Å². The molecule has 3 aromatic rings. The van der Waals surface area contributed by atoms with E-state index in [-0.39, 0.29) is 22.0 Å². The quantitative estimate of drug-likeness (QED) is 0.471. The van der Waals surface area contributed by atoms with Gasteiger partial charge in [0.05, 0.1) is 15.5 Å². The maximum absolute atomic E-state index is 13.5. The van der Waals surface area contributed by atoms with Crippen LogP contribution in [0.15, 0.2) is 76.5 Å². The largest absolute Gasteiger partial charge is 0.350 e. The Kier molecular flexibility index (Phi) is 7.67. The third-order valence-electron chi connectivity index (χ3n) is 5.12. The molecule has 0 aromatic heterocycles. The summed E-state index contributed by atoms with van der Waals surface area (Å²) in [7, 11) is -7.99. The normalized spacial score (nSPS) is 11.8. The number of hydrogen-bond donors (Lipinski definition) is 2. The van der Waals surface area contributed by atoms with Gasteiger partial charge in [-0.05, 0) is 61.4 Å². The molecule has 0 aliphatic heterocycles. The third-order valence-corrected chi connectivity index (χ3v) is 8.22. The number of nitrogens with zero attached hydrogens (tertiary/aromatic N) is 1. The summed E-state index contributed by atoms with van der Waals surface area (Å²) in [5.74, 6) is -0.587. The average molecular weight is 522 g/mol. The Hall–Kier alpha value is -2.92. The summed E-state index contributed by atoms with van der Waals surface area (Å²) in [5, 5.41) is 8.15. The third kappa shape index (κ3) is 5.95. The van der Waals surface area contributed by atoms with Crippen LogP contribution in [-0.4, -0.2) is 29.3 Å². The van der Waals surface area contributed by atoms with Crippen molar-refractivity contribution in [2.24, 2.45) is 5.14 Å². The molecule has 0 spiro atoms. The Bertz CT molecular complexity index is 1420. The van der Waals surface area contributed by atoms with Gasteiger partial charge in [-0.25, -0.2) is 22.0 Å². The number of halogens is 1. The zero-order valence-corrected chi connectivity index (χ0v) is 20.9. The molecule has 0 saturated carbocycles. The van der Waals surface area contributed by atoms with Crippen LogP contribution in [0.3, 0.4) is 0 Å². The lowest BCUT2D eigenvalue weighted by molar-refractivity contribution is -0.119. The van der Waals surface area contributed by atoms with Crippen molar-refractivity contribution in [3.05, 3.63) is 88.4 Å². The van der Waals surface area contributed by atoms with Gasteiger partial charge in [-0.1, -0.05) is 47.5 Å². The highest BCUT2D eigenvalue weighted by Crippen LogP contribution is 2.30. The van der Waals surface area contributed by atoms with E-state index in [1.165, 1.54) is 30.3 Å². The molecular weight excluding hydrogens is 498 g/mol. The van der Waals surface area contributed by atoms with Gasteiger partial charge in [-0.2, -0.15) is 0 Å². The highest BCUT2D eigenvalue weighted by atomic mass is 35.5. The molecule has 0 aliphatic carbocycles. The minimum Gasteiger partial charge on any atom is -0.350 e. The van der Waals surface area contributed by atoms with E-state index in [4.69, 9.17) is 16.7 Å². The summed E-state index contributed by atoms with van der Waals surface area (Å²) in [5.41, 5.74) is 2.17. The van der Waals surface area contributed by atoms with Gasteiger partial charge in [0.1, 0.15) is 6.54 Å². The Balaban J connectivity index is 1.89. The number of amides is 1. The van der Waals surface area contributed by atoms with Crippen LogP contribution in [-0.2, 0) is 31.4 Å². The number of benzene rings is 3. The SMILES string of the molecule is Cc1ccc(S(=O)(=O)N(CC(=O)NCc2cccc(S(N)(=O)=O)c2)c2cccc(Cl)c2C)cc1. The fraction of sp³-hybridized carbons (Fsp3) is 0.174. The van der Waals surface area contributed by atoms with Gasteiger partial charge in [0.2, 0.25) is 15.9 Å². The number of nitrogens with two attached hydrogens (primary N) is 1. The smallest absolute Gasteiger partial charge is 0.264 e. The summed E-state index contributed by atoms with van der Waals surface area (Å²) in [6.07, 6.45) is 0. The first-order chi connectivity index (χ1) is 15.9. The molecule has 0 fully saturated rings. The van der Waals surface area contributed by atoms with Crippen molar-refractivity contribution in [2.75, 3.05) is 10.8 Å². The molecule has 0 aliphatic rings. The Morgan fingerprint density at radius 2 is 1.59 bits per heavy atom. The van der Waals surface area contributed by atoms with Crippen LogP contribution >= 0.6 is 11.6 Å². The molecule has 180 valence electrons. The molecule has 3 aromatic carbocycles. The average Bonchev–Trinajstić information content (AvgIpc) is 2.78. The monoisotopic (exact) mass is 521 g/mol. The van der Waals surface area contributed by atoms with Crippen molar-refractivity contribution >= 4 is 43.2 Å². The molecule has 0 bridgehead atoms. The number of primary sulfonamides is 1. The number of aryl methyl sites for hydroxylation is 1. The van der Waals surface area contributed by atoms with Crippen molar-refractivity contribution in [1.82, 2.24) is 5.32 Å². The van der Waals surface area contributed by atoms with Crippen LogP contribution in [0.5, 0.6) is 0 Å². The predicted molar refractivity (Wildman–Crippen MR) is 132 cm³/mol. The first-order valence-electron chi connectivity index (χ1n) is 10.1. The van der Waals surface area contributed by atoms with Crippen LogP contribution in [0, 0.1) is 13.8 Å². The van der Waals surface area contributed by atoms with E-state index in [1.54, 1.807) is 43.3 Å². The fourth-order valence-corrected chi connectivity index (χ4v) is 5.45. The molecule has 0 atom stereocenters. The molecule has 0 radical (unpaired) electrons. The maximum atomic E-state index is 13.5. The van der Waals surface area contributed by atoms with Crippen molar-refractivity contribution in [3.8, 4) is 0 Å². The van der Waals surface area contributed by atoms with Gasteiger partial charge in [0.25, 0.3) is 10.0 Å². The number of sulfonamides is 2. The van der Waals surface area contributed by atoms with Crippen LogP contribution in [0.2, 0.25) is 5.02 Å². The van der Waals surface area contributed by atoms with E-state index in [1.807, 2.05) is 6.92 Å². The van der Waals surface area contributed by atoms with E-state index in [0.29, 0.717) is 16.1 Å². The Morgan fingerprint density at radius 1 is 0.941 bits per heavy atom. The molecule has 0 heterocycles. The second kappa shape index (κ2) is 10.1. The molecule has 3 rings (SSSR count). The maximum Gasteiger partial charge on any atom is 0.264 e. The Labute approximate surface area is 204 Å². The lowest BCUT2D eigenvalue weighted by atomic mass is 10.2. The number of anilines is 1. The highest BCUT2D eigenvalue weighted by Gasteiger charge is 2.28. The summed E-state index contributed by atoms with van der Waals surface area (Å²) < 4.78 is 51.1. The molecule has 0 saturated heterocycles. The molecule has 1 amide bonds. The minimum absolute atomic E-state index is 0.0187. The van der Waals surface area contributed by atoms with Crippen LogP contribution in [0.4, 0.5) is 5.69 Å². The van der Waals surface area contributed by atoms with E-state index in [2.05, 4.69) is 5.32 Å². The van der Waals surface area contributed by atoms with Crippen molar-refractivity contribution in [2.45, 2.75) is 30.2 Å². The molecule has 8 nitrogen and oxygen atoms in total. The standard InChI is InChI=1S/C23H24ClN3O5S2/c1-16-9-11-19(12-10-16)34(31,32)27(22-8-4-7-21(24)17(22)2)15-23(28)26-14-18-5-3-6-20(13-18)33(25,29)30/h3-13H,14-15H2,1-2H3,(H,26,28)(H2,25,29,30). The van der Waals surface area contributed by atoms with Crippen LogP contribution in [0.1, 0.15) is 16.7 Å². The summed E-state index contributed by atoms with van der Waals surface area (Å²) >= 11 is 6.22. The summed E-state index contributed by atoms with van der Waals surface area (Å²) in [6, 6.07) is 17.0. The van der Waals surface area contributed by atoms with E-state index in [0.717, 1.165) is 9.87 Å². The van der Waals surface area contributed by atoms with Gasteiger partial charge >= 0.3 is 0 Å². The topological polar surface area (TPSA) is 127 Å². The zero-order valence-electron chi connectivity index (χ0n) is 18.5. The molecule has 34 heavy (non-hydrogen) atoms. The number of carbonyl (C=O) groups is 1. The van der Waals surface area contributed by atoms with Crippen molar-refractivity contribution in [3.63, 3.8) is 0 Å². The van der Waals surface area contributed by atoms with Crippen LogP contribution in [0.25, 0.3) is 0 Å². The predicted octanol–water partition coefficient (Wildman–Crippen LogP) is 3.12. The first-order valence-corrected chi connectivity index (χ1v) is 13.5. The summed E-state index contributed by atoms with van der Waals surface area (Å²) in [4.78, 5) is 12.8. The number of nitrogens with one attached hydrogen (secondary N) is 1. The zero-order chi connectivity index (χ0) is 25.1. The molecule has 0 unspecified atom stereocenters. The van der Waals surface area contributed by atoms with E-state index in [9.17, 15) is 21.6 Å². The van der Waals surface area contributed by atoms with E-state index >= 15 is 0 Å². The first kappa shape index (κ1) is 25.7. The van der Waals surface area contributed by atoms with Crippen molar-refractivity contribution < 1.29 is 21.6 Å². The highest BCUT2D eigenvalue weighted by molar-refractivity contribution is 7.92.